The number of nitrogens with two attached hydrogens (primary N) is 1. The Kier molecular flexibility index (Phi) is 3.82. The van der Waals surface area contributed by atoms with Gasteiger partial charge in [-0.05, 0) is 18.6 Å². The summed E-state index contributed by atoms with van der Waals surface area (Å²) >= 11 is 0. The van der Waals surface area contributed by atoms with Crippen LogP contribution in [0.15, 0.2) is 36.5 Å². The van der Waals surface area contributed by atoms with Crippen LogP contribution in [-0.2, 0) is 6.54 Å². The summed E-state index contributed by atoms with van der Waals surface area (Å²) in [4.78, 5) is 9.24. The predicted molar refractivity (Wildman–Crippen MR) is 92.2 cm³/mol. The van der Waals surface area contributed by atoms with E-state index in [0.29, 0.717) is 19.8 Å². The highest BCUT2D eigenvalue weighted by Gasteiger charge is 2.20. The first-order chi connectivity index (χ1) is 11.8. The molecular weight excluding hydrogens is 304 g/mol. The quantitative estimate of drug-likeness (QED) is 0.798. The Hall–Kier alpha value is -2.60. The van der Waals surface area contributed by atoms with E-state index >= 15 is 0 Å². The molecule has 4 rings (SSSR count). The molecule has 0 saturated heterocycles. The van der Waals surface area contributed by atoms with Gasteiger partial charge >= 0.3 is 0 Å². The molecule has 0 radical (unpaired) electrons. The Labute approximate surface area is 140 Å². The number of fused-ring (bicyclic) bond motifs is 2. The molecule has 0 spiro atoms. The van der Waals surface area contributed by atoms with E-state index in [9.17, 15) is 0 Å². The summed E-state index contributed by atoms with van der Waals surface area (Å²) in [6.45, 7) is 3.89. The zero-order valence-corrected chi connectivity index (χ0v) is 13.6. The van der Waals surface area contributed by atoms with Gasteiger partial charge < -0.3 is 19.8 Å². The van der Waals surface area contributed by atoms with Crippen molar-refractivity contribution in [1.29, 1.82) is 0 Å². The van der Waals surface area contributed by atoms with Gasteiger partial charge in [0.1, 0.15) is 18.9 Å². The van der Waals surface area contributed by atoms with Crippen molar-refractivity contribution < 1.29 is 9.47 Å². The van der Waals surface area contributed by atoms with Crippen molar-refractivity contribution in [3.05, 3.63) is 36.5 Å². The van der Waals surface area contributed by atoms with Gasteiger partial charge in [0.25, 0.3) is 0 Å². The molecule has 24 heavy (non-hydrogen) atoms. The zero-order chi connectivity index (χ0) is 16.5. The molecule has 1 atom stereocenters. The van der Waals surface area contributed by atoms with Gasteiger partial charge in [-0.3, -0.25) is 4.98 Å². The maximum atomic E-state index is 6.22. The highest BCUT2D eigenvalue weighted by Crippen LogP contribution is 2.36. The van der Waals surface area contributed by atoms with Crippen molar-refractivity contribution in [1.82, 2.24) is 14.5 Å². The Morgan fingerprint density at radius 1 is 1.21 bits per heavy atom. The molecule has 1 aliphatic rings. The van der Waals surface area contributed by atoms with Crippen LogP contribution in [0.3, 0.4) is 0 Å². The summed E-state index contributed by atoms with van der Waals surface area (Å²) in [7, 11) is 0. The summed E-state index contributed by atoms with van der Waals surface area (Å²) in [5.74, 6) is 2.31. The van der Waals surface area contributed by atoms with Crippen LogP contribution < -0.4 is 15.2 Å². The second-order valence-electron chi connectivity index (χ2n) is 5.91. The van der Waals surface area contributed by atoms with Gasteiger partial charge in [-0.25, -0.2) is 4.98 Å². The number of imidazole rings is 1. The maximum absolute atomic E-state index is 6.22. The van der Waals surface area contributed by atoms with Gasteiger partial charge in [0.2, 0.25) is 0 Å². The highest BCUT2D eigenvalue weighted by molar-refractivity contribution is 5.84. The van der Waals surface area contributed by atoms with Crippen molar-refractivity contribution >= 4 is 11.0 Å². The molecule has 0 bridgehead atoms. The van der Waals surface area contributed by atoms with E-state index < -0.39 is 0 Å². The van der Waals surface area contributed by atoms with E-state index in [0.717, 1.165) is 40.5 Å². The molecule has 1 aliphatic heterocycles. The average Bonchev–Trinajstić information content (AvgIpc) is 2.98. The Morgan fingerprint density at radius 3 is 2.71 bits per heavy atom. The molecule has 0 fully saturated rings. The lowest BCUT2D eigenvalue weighted by atomic mass is 10.2. The van der Waals surface area contributed by atoms with Crippen molar-refractivity contribution in [3.63, 3.8) is 0 Å². The fourth-order valence-corrected chi connectivity index (χ4v) is 2.90. The van der Waals surface area contributed by atoms with E-state index in [2.05, 4.69) is 16.5 Å². The largest absolute Gasteiger partial charge is 0.486 e. The summed E-state index contributed by atoms with van der Waals surface area (Å²) in [5.41, 5.74) is 8.90. The first-order valence-electron chi connectivity index (χ1n) is 8.23. The van der Waals surface area contributed by atoms with E-state index in [1.807, 2.05) is 30.3 Å². The SMILES string of the molecule is CCC(N)Cn1c(-c2ccccn2)nc2cc3c(cc21)OCCO3. The Morgan fingerprint density at radius 2 is 2.00 bits per heavy atom. The monoisotopic (exact) mass is 324 g/mol. The minimum absolute atomic E-state index is 0.0538. The second kappa shape index (κ2) is 6.13. The third kappa shape index (κ3) is 2.59. The molecule has 3 aromatic rings. The van der Waals surface area contributed by atoms with Crippen LogP contribution >= 0.6 is 0 Å². The van der Waals surface area contributed by atoms with Gasteiger partial charge in [-0.1, -0.05) is 13.0 Å². The normalized spacial score (nSPS) is 14.8. The van der Waals surface area contributed by atoms with Gasteiger partial charge in [-0.15, -0.1) is 0 Å². The van der Waals surface area contributed by atoms with Crippen LogP contribution in [0.4, 0.5) is 0 Å². The number of ether oxygens (including phenoxy) is 2. The lowest BCUT2D eigenvalue weighted by Crippen LogP contribution is -2.25. The molecule has 1 unspecified atom stereocenters. The molecule has 0 amide bonds. The molecule has 2 aromatic heterocycles. The summed E-state index contributed by atoms with van der Waals surface area (Å²) in [5, 5.41) is 0. The van der Waals surface area contributed by atoms with E-state index in [1.165, 1.54) is 0 Å². The molecule has 6 heteroatoms. The van der Waals surface area contributed by atoms with Crippen molar-refractivity contribution in [2.75, 3.05) is 13.2 Å². The topological polar surface area (TPSA) is 75.2 Å². The van der Waals surface area contributed by atoms with Gasteiger partial charge in [0.05, 0.1) is 11.0 Å². The summed E-state index contributed by atoms with van der Waals surface area (Å²) in [6, 6.07) is 9.80. The Bertz CT molecular complexity index is 860. The maximum Gasteiger partial charge on any atom is 0.163 e. The van der Waals surface area contributed by atoms with Crippen LogP contribution in [0.5, 0.6) is 11.5 Å². The minimum atomic E-state index is 0.0538. The molecule has 1 aromatic carbocycles. The first-order valence-corrected chi connectivity index (χ1v) is 8.23. The number of hydrogen-bond acceptors (Lipinski definition) is 5. The summed E-state index contributed by atoms with van der Waals surface area (Å²) in [6.07, 6.45) is 2.67. The van der Waals surface area contributed by atoms with Crippen LogP contribution in [-0.4, -0.2) is 33.8 Å². The van der Waals surface area contributed by atoms with Crippen LogP contribution in [0.1, 0.15) is 13.3 Å². The number of aromatic nitrogens is 3. The average molecular weight is 324 g/mol. The molecular formula is C18H20N4O2. The van der Waals surface area contributed by atoms with Gasteiger partial charge in [0.15, 0.2) is 17.3 Å². The molecule has 0 saturated carbocycles. The van der Waals surface area contributed by atoms with Crippen molar-refractivity contribution in [2.24, 2.45) is 5.73 Å². The van der Waals surface area contributed by atoms with Crippen molar-refractivity contribution in [2.45, 2.75) is 25.9 Å². The van der Waals surface area contributed by atoms with Gasteiger partial charge in [-0.2, -0.15) is 0 Å². The number of hydrogen-bond donors (Lipinski definition) is 1. The number of nitrogens with zero attached hydrogens (tertiary/aromatic N) is 3. The zero-order valence-electron chi connectivity index (χ0n) is 13.6. The molecule has 124 valence electrons. The van der Waals surface area contributed by atoms with Crippen LogP contribution in [0.25, 0.3) is 22.6 Å². The van der Waals surface area contributed by atoms with Gasteiger partial charge in [0, 0.05) is 30.9 Å². The fraction of sp³-hybridized carbons (Fsp3) is 0.333. The fourth-order valence-electron chi connectivity index (χ4n) is 2.90. The van der Waals surface area contributed by atoms with Crippen LogP contribution in [0, 0.1) is 0 Å². The molecule has 3 heterocycles. The lowest BCUT2D eigenvalue weighted by molar-refractivity contribution is 0.172. The smallest absolute Gasteiger partial charge is 0.163 e. The van der Waals surface area contributed by atoms with Crippen LogP contribution in [0.2, 0.25) is 0 Å². The molecule has 2 N–H and O–H groups in total. The molecule has 0 aliphatic carbocycles. The van der Waals surface area contributed by atoms with E-state index in [-0.39, 0.29) is 6.04 Å². The third-order valence-corrected chi connectivity index (χ3v) is 4.25. The number of benzene rings is 1. The Balaban J connectivity index is 1.91. The minimum Gasteiger partial charge on any atom is -0.486 e. The number of rotatable bonds is 4. The van der Waals surface area contributed by atoms with E-state index in [1.54, 1.807) is 6.20 Å². The predicted octanol–water partition coefficient (Wildman–Crippen LogP) is 2.61. The summed E-state index contributed by atoms with van der Waals surface area (Å²) < 4.78 is 13.5. The number of pyridine rings is 1. The first kappa shape index (κ1) is 15.0. The van der Waals surface area contributed by atoms with Crippen molar-refractivity contribution in [3.8, 4) is 23.0 Å². The lowest BCUT2D eigenvalue weighted by Gasteiger charge is -2.19. The molecule has 6 nitrogen and oxygen atoms in total. The standard InChI is InChI=1S/C18H20N4O2/c1-2-12(19)11-22-15-10-17-16(23-7-8-24-17)9-14(15)21-18(22)13-5-3-4-6-20-13/h3-6,9-10,12H,2,7-8,11,19H2,1H3. The second-order valence-corrected chi connectivity index (χ2v) is 5.91. The highest BCUT2D eigenvalue weighted by atomic mass is 16.6. The third-order valence-electron chi connectivity index (χ3n) is 4.25. The van der Waals surface area contributed by atoms with E-state index in [4.69, 9.17) is 20.2 Å².